The van der Waals surface area contributed by atoms with Crippen molar-refractivity contribution in [1.82, 2.24) is 9.97 Å². The molecule has 0 fully saturated rings. The summed E-state index contributed by atoms with van der Waals surface area (Å²) in [5.41, 5.74) is 4.50. The van der Waals surface area contributed by atoms with E-state index in [1.807, 2.05) is 6.20 Å². The van der Waals surface area contributed by atoms with Gasteiger partial charge in [-0.3, -0.25) is 4.98 Å². The lowest BCUT2D eigenvalue weighted by Gasteiger charge is -2.19. The second-order valence-corrected chi connectivity index (χ2v) is 5.90. The maximum absolute atomic E-state index is 4.64. The molecule has 1 heterocycles. The van der Waals surface area contributed by atoms with E-state index in [-0.39, 0.29) is 5.41 Å². The molecule has 0 unspecified atom stereocenters. The lowest BCUT2D eigenvalue weighted by molar-refractivity contribution is 0.591. The maximum Gasteiger partial charge on any atom is 0.0890 e. The molecule has 2 heteroatoms. The normalized spacial score (nSPS) is 12.4. The van der Waals surface area contributed by atoms with Crippen LogP contribution < -0.4 is 0 Å². The topological polar surface area (TPSA) is 25.8 Å². The van der Waals surface area contributed by atoms with Crippen LogP contribution in [0.5, 0.6) is 0 Å². The van der Waals surface area contributed by atoms with E-state index in [0.29, 0.717) is 5.92 Å². The average molecular weight is 228 g/mol. The number of aromatic nitrogens is 2. The number of benzene rings is 1. The summed E-state index contributed by atoms with van der Waals surface area (Å²) in [4.78, 5) is 9.15. The number of hydrogen-bond donors (Lipinski definition) is 0. The van der Waals surface area contributed by atoms with Crippen LogP contribution in [-0.4, -0.2) is 9.97 Å². The summed E-state index contributed by atoms with van der Waals surface area (Å²) >= 11 is 0. The lowest BCUT2D eigenvalue weighted by atomic mass is 9.87. The van der Waals surface area contributed by atoms with Crippen LogP contribution in [0.1, 0.15) is 51.8 Å². The lowest BCUT2D eigenvalue weighted by Crippen LogP contribution is -2.11. The van der Waals surface area contributed by atoms with Crippen molar-refractivity contribution in [2.75, 3.05) is 0 Å². The van der Waals surface area contributed by atoms with Crippen molar-refractivity contribution in [3.8, 4) is 0 Å². The number of fused-ring (bicyclic) bond motifs is 1. The van der Waals surface area contributed by atoms with Crippen molar-refractivity contribution in [3.63, 3.8) is 0 Å². The Morgan fingerprint density at radius 2 is 1.76 bits per heavy atom. The van der Waals surface area contributed by atoms with Gasteiger partial charge in [0.15, 0.2) is 0 Å². The molecular formula is C15H20N2. The van der Waals surface area contributed by atoms with E-state index >= 15 is 0 Å². The molecule has 1 aromatic carbocycles. The molecule has 90 valence electrons. The van der Waals surface area contributed by atoms with Crippen molar-refractivity contribution >= 4 is 11.0 Å². The Morgan fingerprint density at radius 1 is 1.06 bits per heavy atom. The Hall–Kier alpha value is -1.44. The van der Waals surface area contributed by atoms with Crippen molar-refractivity contribution in [1.29, 1.82) is 0 Å². The quantitative estimate of drug-likeness (QED) is 0.736. The van der Waals surface area contributed by atoms with Gasteiger partial charge in [0, 0.05) is 6.20 Å². The van der Waals surface area contributed by atoms with E-state index in [4.69, 9.17) is 0 Å². The minimum Gasteiger partial charge on any atom is -0.253 e. The molecule has 0 saturated carbocycles. The van der Waals surface area contributed by atoms with Gasteiger partial charge >= 0.3 is 0 Å². The second-order valence-electron chi connectivity index (χ2n) is 5.90. The van der Waals surface area contributed by atoms with E-state index in [9.17, 15) is 0 Å². The minimum atomic E-state index is 0.159. The molecule has 1 aromatic heterocycles. The third-order valence-electron chi connectivity index (χ3n) is 3.02. The first-order valence-corrected chi connectivity index (χ1v) is 6.15. The van der Waals surface area contributed by atoms with E-state index in [1.54, 1.807) is 0 Å². The highest BCUT2D eigenvalue weighted by Gasteiger charge is 2.14. The SMILES string of the molecule is CC(C)c1cnc2cc(C(C)(C)C)ccc2n1. The molecule has 0 spiro atoms. The largest absolute Gasteiger partial charge is 0.253 e. The summed E-state index contributed by atoms with van der Waals surface area (Å²) in [7, 11) is 0. The maximum atomic E-state index is 4.64. The molecular weight excluding hydrogens is 208 g/mol. The number of rotatable bonds is 1. The van der Waals surface area contributed by atoms with Gasteiger partial charge in [-0.2, -0.15) is 0 Å². The molecule has 0 radical (unpaired) electrons. The van der Waals surface area contributed by atoms with Crippen LogP contribution in [0, 0.1) is 0 Å². The Bertz CT molecular complexity index is 536. The van der Waals surface area contributed by atoms with Gasteiger partial charge in [0.2, 0.25) is 0 Å². The summed E-state index contributed by atoms with van der Waals surface area (Å²) in [6, 6.07) is 6.38. The highest BCUT2D eigenvalue weighted by Crippen LogP contribution is 2.25. The number of hydrogen-bond acceptors (Lipinski definition) is 2. The summed E-state index contributed by atoms with van der Waals surface area (Å²) in [6.07, 6.45) is 1.89. The molecule has 2 nitrogen and oxygen atoms in total. The van der Waals surface area contributed by atoms with Crippen molar-refractivity contribution in [3.05, 3.63) is 35.7 Å². The molecule has 0 saturated heterocycles. The number of nitrogens with zero attached hydrogens (tertiary/aromatic N) is 2. The van der Waals surface area contributed by atoms with Crippen LogP contribution in [0.2, 0.25) is 0 Å². The highest BCUT2D eigenvalue weighted by molar-refractivity contribution is 5.75. The predicted molar refractivity (Wildman–Crippen MR) is 72.3 cm³/mol. The van der Waals surface area contributed by atoms with Gasteiger partial charge < -0.3 is 0 Å². The second kappa shape index (κ2) is 4.10. The fraction of sp³-hybridized carbons (Fsp3) is 0.467. The minimum absolute atomic E-state index is 0.159. The van der Waals surface area contributed by atoms with Crippen LogP contribution in [0.3, 0.4) is 0 Å². The Kier molecular flexibility index (Phi) is 2.90. The first kappa shape index (κ1) is 12.0. The van der Waals surface area contributed by atoms with Crippen LogP contribution in [-0.2, 0) is 5.41 Å². The third-order valence-corrected chi connectivity index (χ3v) is 3.02. The van der Waals surface area contributed by atoms with Gasteiger partial charge in [0.1, 0.15) is 0 Å². The van der Waals surface area contributed by atoms with Crippen molar-refractivity contribution in [2.24, 2.45) is 0 Å². The van der Waals surface area contributed by atoms with Gasteiger partial charge in [-0.25, -0.2) is 4.98 Å². The van der Waals surface area contributed by atoms with Crippen LogP contribution in [0.15, 0.2) is 24.4 Å². The zero-order valence-electron chi connectivity index (χ0n) is 11.3. The van der Waals surface area contributed by atoms with Crippen molar-refractivity contribution in [2.45, 2.75) is 46.0 Å². The first-order chi connectivity index (χ1) is 7.88. The third kappa shape index (κ3) is 2.46. The summed E-state index contributed by atoms with van der Waals surface area (Å²) in [5.74, 6) is 0.425. The molecule has 17 heavy (non-hydrogen) atoms. The van der Waals surface area contributed by atoms with Crippen molar-refractivity contribution < 1.29 is 0 Å². The molecule has 0 aliphatic heterocycles. The Labute approximate surface area is 103 Å². The van der Waals surface area contributed by atoms with E-state index in [1.165, 1.54) is 5.56 Å². The fourth-order valence-electron chi connectivity index (χ4n) is 1.77. The van der Waals surface area contributed by atoms with Gasteiger partial charge in [-0.1, -0.05) is 40.7 Å². The molecule has 0 atom stereocenters. The Balaban J connectivity index is 2.54. The Morgan fingerprint density at radius 3 is 2.35 bits per heavy atom. The van der Waals surface area contributed by atoms with Gasteiger partial charge in [0.25, 0.3) is 0 Å². The van der Waals surface area contributed by atoms with Crippen LogP contribution in [0.4, 0.5) is 0 Å². The average Bonchev–Trinajstić information content (AvgIpc) is 2.26. The van der Waals surface area contributed by atoms with E-state index in [2.05, 4.69) is 62.8 Å². The summed E-state index contributed by atoms with van der Waals surface area (Å²) < 4.78 is 0. The molecule has 2 aromatic rings. The molecule has 0 amide bonds. The van der Waals surface area contributed by atoms with Crippen LogP contribution >= 0.6 is 0 Å². The fourth-order valence-corrected chi connectivity index (χ4v) is 1.77. The molecule has 0 N–H and O–H groups in total. The summed E-state index contributed by atoms with van der Waals surface area (Å²) in [5, 5.41) is 0. The van der Waals surface area contributed by atoms with Gasteiger partial charge in [0.05, 0.1) is 16.7 Å². The molecule has 0 aliphatic rings. The predicted octanol–water partition coefficient (Wildman–Crippen LogP) is 4.05. The first-order valence-electron chi connectivity index (χ1n) is 6.15. The van der Waals surface area contributed by atoms with Gasteiger partial charge in [-0.15, -0.1) is 0 Å². The zero-order chi connectivity index (χ0) is 12.6. The van der Waals surface area contributed by atoms with E-state index < -0.39 is 0 Å². The molecule has 2 rings (SSSR count). The standard InChI is InChI=1S/C15H20N2/c1-10(2)14-9-16-13-8-11(15(3,4)5)6-7-12(13)17-14/h6-10H,1-5H3. The summed E-state index contributed by atoms with van der Waals surface area (Å²) in [6.45, 7) is 10.9. The van der Waals surface area contributed by atoms with Gasteiger partial charge in [-0.05, 0) is 29.0 Å². The van der Waals surface area contributed by atoms with Crippen LogP contribution in [0.25, 0.3) is 11.0 Å². The monoisotopic (exact) mass is 228 g/mol. The van der Waals surface area contributed by atoms with E-state index in [0.717, 1.165) is 16.7 Å². The smallest absolute Gasteiger partial charge is 0.0890 e. The molecule has 0 bridgehead atoms. The zero-order valence-corrected chi connectivity index (χ0v) is 11.3. The molecule has 0 aliphatic carbocycles. The highest BCUT2D eigenvalue weighted by atomic mass is 14.8.